The number of hydrogen-bond donors (Lipinski definition) is 0. The molecule has 0 aromatic rings. The molecule has 0 amide bonds. The zero-order valence-corrected chi connectivity index (χ0v) is 11.6. The number of hydrogen-bond acceptors (Lipinski definition) is 3. The van der Waals surface area contributed by atoms with Crippen molar-refractivity contribution in [2.24, 2.45) is 23.2 Å². The van der Waals surface area contributed by atoms with E-state index in [0.717, 1.165) is 12.8 Å². The molecule has 0 N–H and O–H groups in total. The number of ether oxygens (including phenoxy) is 2. The largest absolute Gasteiger partial charge is 0.469 e. The molecule has 4 atom stereocenters. The lowest BCUT2D eigenvalue weighted by molar-refractivity contribution is -0.144. The van der Waals surface area contributed by atoms with E-state index in [9.17, 15) is 4.79 Å². The van der Waals surface area contributed by atoms with E-state index >= 15 is 0 Å². The van der Waals surface area contributed by atoms with Crippen molar-refractivity contribution >= 4 is 5.97 Å². The quantitative estimate of drug-likeness (QED) is 0.711. The third-order valence-corrected chi connectivity index (χ3v) is 5.33. The zero-order valence-electron chi connectivity index (χ0n) is 11.6. The molecule has 2 aliphatic carbocycles. The average Bonchev–Trinajstić information content (AvgIpc) is 2.87. The fourth-order valence-corrected chi connectivity index (χ4v) is 3.98. The van der Waals surface area contributed by atoms with Crippen LogP contribution in [0.3, 0.4) is 0 Å². The highest BCUT2D eigenvalue weighted by Crippen LogP contribution is 2.72. The van der Waals surface area contributed by atoms with Gasteiger partial charge in [0, 0.05) is 12.5 Å². The summed E-state index contributed by atoms with van der Waals surface area (Å²) < 4.78 is 10.7. The summed E-state index contributed by atoms with van der Waals surface area (Å²) in [5.74, 6) is 1.16. The van der Waals surface area contributed by atoms with Crippen LogP contribution in [0.4, 0.5) is 0 Å². The van der Waals surface area contributed by atoms with E-state index in [-0.39, 0.29) is 22.9 Å². The molecule has 0 bridgehead atoms. The lowest BCUT2D eigenvalue weighted by Gasteiger charge is -2.34. The number of rotatable bonds is 3. The summed E-state index contributed by atoms with van der Waals surface area (Å²) in [6.07, 6.45) is 3.27. The van der Waals surface area contributed by atoms with Gasteiger partial charge in [-0.05, 0) is 31.1 Å². The van der Waals surface area contributed by atoms with Crippen molar-refractivity contribution < 1.29 is 14.3 Å². The second kappa shape index (κ2) is 3.98. The van der Waals surface area contributed by atoms with E-state index in [2.05, 4.69) is 20.8 Å². The first-order valence-electron chi connectivity index (χ1n) is 6.56. The Hall–Kier alpha value is -0.570. The Kier molecular flexibility index (Phi) is 3.01. The third kappa shape index (κ3) is 1.55. The molecular weight excluding hydrogens is 216 g/mol. The first-order valence-corrected chi connectivity index (χ1v) is 6.56. The molecule has 2 saturated carbocycles. The summed E-state index contributed by atoms with van der Waals surface area (Å²) >= 11 is 0. The minimum Gasteiger partial charge on any atom is -0.469 e. The summed E-state index contributed by atoms with van der Waals surface area (Å²) in [5, 5.41) is 0. The number of fused-ring (bicyclic) bond motifs is 1. The molecule has 98 valence electrons. The summed E-state index contributed by atoms with van der Waals surface area (Å²) in [7, 11) is 3.21. The van der Waals surface area contributed by atoms with Gasteiger partial charge >= 0.3 is 5.97 Å². The van der Waals surface area contributed by atoms with Gasteiger partial charge in [0.2, 0.25) is 0 Å². The van der Waals surface area contributed by atoms with Crippen LogP contribution in [-0.4, -0.2) is 25.8 Å². The molecule has 0 heterocycles. The Labute approximate surface area is 104 Å². The Morgan fingerprint density at radius 2 is 2.00 bits per heavy atom. The molecule has 0 aromatic heterocycles. The van der Waals surface area contributed by atoms with E-state index in [0.29, 0.717) is 11.8 Å². The number of carbonyl (C=O) groups excluding carboxylic acids is 1. The van der Waals surface area contributed by atoms with Crippen LogP contribution in [0.25, 0.3) is 0 Å². The molecule has 0 aromatic carbocycles. The van der Waals surface area contributed by atoms with Crippen LogP contribution < -0.4 is 0 Å². The van der Waals surface area contributed by atoms with Gasteiger partial charge in [-0.1, -0.05) is 20.8 Å². The fraction of sp³-hybridized carbons (Fsp3) is 0.929. The van der Waals surface area contributed by atoms with Crippen LogP contribution in [-0.2, 0) is 14.3 Å². The van der Waals surface area contributed by atoms with E-state index in [1.165, 1.54) is 13.5 Å². The SMILES string of the molecule is COC(=O)C1[C@]2(C)CC[C@@H](C(C)C)C[C@]12OC. The van der Waals surface area contributed by atoms with Crippen LogP contribution in [0.2, 0.25) is 0 Å². The lowest BCUT2D eigenvalue weighted by atomic mass is 9.76. The Balaban J connectivity index is 2.22. The lowest BCUT2D eigenvalue weighted by Crippen LogP contribution is -2.32. The smallest absolute Gasteiger partial charge is 0.312 e. The van der Waals surface area contributed by atoms with E-state index in [4.69, 9.17) is 9.47 Å². The van der Waals surface area contributed by atoms with Gasteiger partial charge in [0.05, 0.1) is 18.6 Å². The number of esters is 1. The average molecular weight is 240 g/mol. The van der Waals surface area contributed by atoms with Crippen LogP contribution in [0.15, 0.2) is 0 Å². The zero-order chi connectivity index (χ0) is 12.8. The van der Waals surface area contributed by atoms with Gasteiger partial charge in [-0.25, -0.2) is 0 Å². The van der Waals surface area contributed by atoms with Crippen molar-refractivity contribution in [3.63, 3.8) is 0 Å². The van der Waals surface area contributed by atoms with Crippen molar-refractivity contribution in [3.8, 4) is 0 Å². The minimum absolute atomic E-state index is 0.000231. The second-order valence-corrected chi connectivity index (χ2v) is 6.21. The van der Waals surface area contributed by atoms with E-state index in [1.807, 2.05) is 0 Å². The Bertz CT molecular complexity index is 325. The van der Waals surface area contributed by atoms with Gasteiger partial charge in [0.1, 0.15) is 0 Å². The fourth-order valence-electron chi connectivity index (χ4n) is 3.98. The first kappa shape index (κ1) is 12.9. The summed E-state index contributed by atoms with van der Waals surface area (Å²) in [4.78, 5) is 11.9. The number of methoxy groups -OCH3 is 2. The maximum absolute atomic E-state index is 11.9. The second-order valence-electron chi connectivity index (χ2n) is 6.21. The molecule has 2 rings (SSSR count). The molecular formula is C14H24O3. The predicted molar refractivity (Wildman–Crippen MR) is 65.5 cm³/mol. The van der Waals surface area contributed by atoms with E-state index in [1.54, 1.807) is 7.11 Å². The normalized spacial score (nSPS) is 44.4. The molecule has 2 aliphatic rings. The van der Waals surface area contributed by atoms with Gasteiger partial charge in [-0.3, -0.25) is 4.79 Å². The van der Waals surface area contributed by atoms with Crippen molar-refractivity contribution in [1.29, 1.82) is 0 Å². The molecule has 1 unspecified atom stereocenters. The van der Waals surface area contributed by atoms with Gasteiger partial charge in [0.25, 0.3) is 0 Å². The molecule has 3 nitrogen and oxygen atoms in total. The van der Waals surface area contributed by atoms with Crippen molar-refractivity contribution in [3.05, 3.63) is 0 Å². The predicted octanol–water partition coefficient (Wildman–Crippen LogP) is 2.64. The highest BCUT2D eigenvalue weighted by Gasteiger charge is 2.79. The van der Waals surface area contributed by atoms with Crippen LogP contribution in [0.5, 0.6) is 0 Å². The van der Waals surface area contributed by atoms with Gasteiger partial charge in [-0.2, -0.15) is 0 Å². The molecule has 0 spiro atoms. The molecule has 0 aliphatic heterocycles. The van der Waals surface area contributed by atoms with Crippen LogP contribution >= 0.6 is 0 Å². The molecule has 3 heteroatoms. The van der Waals surface area contributed by atoms with Crippen molar-refractivity contribution in [1.82, 2.24) is 0 Å². The highest BCUT2D eigenvalue weighted by molar-refractivity contribution is 5.80. The molecule has 0 saturated heterocycles. The van der Waals surface area contributed by atoms with Crippen LogP contribution in [0, 0.1) is 23.2 Å². The maximum atomic E-state index is 11.9. The minimum atomic E-state index is -0.257. The Morgan fingerprint density at radius 1 is 1.35 bits per heavy atom. The van der Waals surface area contributed by atoms with Crippen molar-refractivity contribution in [2.45, 2.75) is 45.6 Å². The van der Waals surface area contributed by atoms with Crippen LogP contribution in [0.1, 0.15) is 40.0 Å². The molecule has 17 heavy (non-hydrogen) atoms. The summed E-state index contributed by atoms with van der Waals surface area (Å²) in [6.45, 7) is 6.69. The maximum Gasteiger partial charge on any atom is 0.312 e. The molecule has 2 fully saturated rings. The van der Waals surface area contributed by atoms with E-state index < -0.39 is 0 Å². The standard InChI is InChI=1S/C14H24O3/c1-9(2)10-6-7-13(3)11(12(15)16-4)14(13,8-10)17-5/h9-11H,6-8H2,1-5H3/t10-,11?,13+,14+/m1/s1. The Morgan fingerprint density at radius 3 is 2.47 bits per heavy atom. The van der Waals surface area contributed by atoms with Gasteiger partial charge < -0.3 is 9.47 Å². The summed E-state index contributed by atoms with van der Waals surface area (Å²) in [6, 6.07) is 0. The number of carbonyl (C=O) groups is 1. The topological polar surface area (TPSA) is 35.5 Å². The first-order chi connectivity index (χ1) is 7.93. The van der Waals surface area contributed by atoms with Crippen molar-refractivity contribution in [2.75, 3.05) is 14.2 Å². The van der Waals surface area contributed by atoms with Gasteiger partial charge in [-0.15, -0.1) is 0 Å². The summed E-state index contributed by atoms with van der Waals surface area (Å²) in [5.41, 5.74) is -0.256. The van der Waals surface area contributed by atoms with Gasteiger partial charge in [0.15, 0.2) is 0 Å². The molecule has 0 radical (unpaired) electrons. The monoisotopic (exact) mass is 240 g/mol. The third-order valence-electron chi connectivity index (χ3n) is 5.33. The highest BCUT2D eigenvalue weighted by atomic mass is 16.5.